The molecule has 0 bridgehead atoms. The molecule has 66 valence electrons. The van der Waals surface area contributed by atoms with Crippen molar-refractivity contribution in [2.75, 3.05) is 0 Å². The van der Waals surface area contributed by atoms with E-state index in [1.807, 2.05) is 64.2 Å². The minimum absolute atomic E-state index is 1.82. The molecule has 0 heteroatoms. The van der Waals surface area contributed by atoms with Gasteiger partial charge in [0.1, 0.15) is 0 Å². The summed E-state index contributed by atoms with van der Waals surface area (Å²) >= 11 is 0. The van der Waals surface area contributed by atoms with Crippen LogP contribution >= 0.6 is 0 Å². The first-order chi connectivity index (χ1) is 5.83. The van der Waals surface area contributed by atoms with Gasteiger partial charge in [0.15, 0.2) is 0 Å². The van der Waals surface area contributed by atoms with Crippen molar-refractivity contribution >= 4 is 0 Å². The summed E-state index contributed by atoms with van der Waals surface area (Å²) in [6, 6.07) is 0. The standard InChI is InChI=1S/C6H10.C6H8/c2*1-3-5-6-4-2/h3-6H,1-2H3;3,5H,1-2H3. The van der Waals surface area contributed by atoms with Crippen LogP contribution in [0.15, 0.2) is 36.5 Å². The molecule has 0 fully saturated rings. The quantitative estimate of drug-likeness (QED) is 0.407. The normalized spacial score (nSPS) is 9.67. The van der Waals surface area contributed by atoms with Crippen LogP contribution in [0.1, 0.15) is 27.7 Å². The third-order valence-corrected chi connectivity index (χ3v) is 0.890. The molecule has 0 saturated heterocycles. The van der Waals surface area contributed by atoms with E-state index in [0.717, 1.165) is 0 Å². The fourth-order valence-electron chi connectivity index (χ4n) is 0.389. The van der Waals surface area contributed by atoms with Gasteiger partial charge in [-0.2, -0.15) is 0 Å². The van der Waals surface area contributed by atoms with Crippen molar-refractivity contribution < 1.29 is 0 Å². The summed E-state index contributed by atoms with van der Waals surface area (Å²) in [5.41, 5.74) is 0. The maximum atomic E-state index is 2.77. The second kappa shape index (κ2) is 16.4. The molecule has 0 aliphatic heterocycles. The van der Waals surface area contributed by atoms with Crippen LogP contribution in [0.2, 0.25) is 0 Å². The van der Waals surface area contributed by atoms with Crippen LogP contribution < -0.4 is 0 Å². The zero-order valence-electron chi connectivity index (χ0n) is 8.46. The Labute approximate surface area is 76.7 Å². The molecule has 0 aromatic heterocycles. The van der Waals surface area contributed by atoms with E-state index in [4.69, 9.17) is 0 Å². The fraction of sp³-hybridized carbons (Fsp3) is 0.333. The third-order valence-electron chi connectivity index (χ3n) is 0.890. The van der Waals surface area contributed by atoms with Gasteiger partial charge < -0.3 is 0 Å². The van der Waals surface area contributed by atoms with E-state index in [9.17, 15) is 0 Å². The highest BCUT2D eigenvalue weighted by Gasteiger charge is 1.48. The molecule has 12 heavy (non-hydrogen) atoms. The van der Waals surface area contributed by atoms with E-state index in [0.29, 0.717) is 0 Å². The Bertz CT molecular complexity index is 184. The van der Waals surface area contributed by atoms with E-state index in [1.54, 1.807) is 0 Å². The molecule has 0 rings (SSSR count). The second-order valence-electron chi connectivity index (χ2n) is 1.95. The maximum absolute atomic E-state index is 2.77. The van der Waals surface area contributed by atoms with Gasteiger partial charge >= 0.3 is 0 Å². The van der Waals surface area contributed by atoms with Crippen LogP contribution in [0.25, 0.3) is 0 Å². The molecular weight excluding hydrogens is 144 g/mol. The maximum Gasteiger partial charge on any atom is -0.00235 e. The van der Waals surface area contributed by atoms with E-state index < -0.39 is 0 Å². The summed E-state index contributed by atoms with van der Waals surface area (Å²) in [4.78, 5) is 0. The van der Waals surface area contributed by atoms with Gasteiger partial charge in [0.25, 0.3) is 0 Å². The van der Waals surface area contributed by atoms with Crippen molar-refractivity contribution in [1.29, 1.82) is 0 Å². The summed E-state index contributed by atoms with van der Waals surface area (Å²) < 4.78 is 0. The van der Waals surface area contributed by atoms with Gasteiger partial charge in [-0.3, -0.25) is 0 Å². The molecule has 0 N–H and O–H groups in total. The van der Waals surface area contributed by atoms with Crippen molar-refractivity contribution in [3.05, 3.63) is 36.5 Å². The number of hydrogen-bond donors (Lipinski definition) is 0. The third kappa shape index (κ3) is 23.3. The van der Waals surface area contributed by atoms with Gasteiger partial charge in [0.05, 0.1) is 0 Å². The predicted molar refractivity (Wildman–Crippen MR) is 57.9 cm³/mol. The molecule has 0 atom stereocenters. The molecule has 0 aromatic carbocycles. The van der Waals surface area contributed by atoms with Crippen molar-refractivity contribution in [3.63, 3.8) is 0 Å². The van der Waals surface area contributed by atoms with Crippen LogP contribution in [-0.4, -0.2) is 0 Å². The smallest absolute Gasteiger partial charge is 0.00235 e. The van der Waals surface area contributed by atoms with Gasteiger partial charge in [0, 0.05) is 0 Å². The summed E-state index contributed by atoms with van der Waals surface area (Å²) in [5, 5.41) is 0. The Hall–Kier alpha value is -1.22. The molecule has 0 amide bonds. The lowest BCUT2D eigenvalue weighted by molar-refractivity contribution is 1.69. The van der Waals surface area contributed by atoms with Crippen LogP contribution in [0.3, 0.4) is 0 Å². The Morgan fingerprint density at radius 1 is 0.833 bits per heavy atom. The monoisotopic (exact) mass is 162 g/mol. The summed E-state index contributed by atoms with van der Waals surface area (Å²) in [6.07, 6.45) is 11.7. The highest BCUT2D eigenvalue weighted by molar-refractivity contribution is 5.12. The van der Waals surface area contributed by atoms with Crippen molar-refractivity contribution in [3.8, 4) is 11.8 Å². The largest absolute Gasteiger partial charge is 0.102 e. The van der Waals surface area contributed by atoms with E-state index in [-0.39, 0.29) is 0 Å². The van der Waals surface area contributed by atoms with E-state index in [1.165, 1.54) is 0 Å². The van der Waals surface area contributed by atoms with Gasteiger partial charge in [-0.05, 0) is 33.8 Å². The molecule has 0 unspecified atom stereocenters. The Morgan fingerprint density at radius 3 is 1.50 bits per heavy atom. The molecule has 0 aromatic rings. The van der Waals surface area contributed by atoms with Gasteiger partial charge in [-0.1, -0.05) is 36.3 Å². The topological polar surface area (TPSA) is 0 Å². The molecule has 0 heterocycles. The summed E-state index contributed by atoms with van der Waals surface area (Å²) in [5.74, 6) is 5.50. The second-order valence-corrected chi connectivity index (χ2v) is 1.95. The molecule has 0 nitrogen and oxygen atoms in total. The van der Waals surface area contributed by atoms with Crippen LogP contribution in [0, 0.1) is 11.8 Å². The zero-order valence-corrected chi connectivity index (χ0v) is 8.46. The highest BCUT2D eigenvalue weighted by atomic mass is 13.6. The first kappa shape index (κ1) is 13.4. The van der Waals surface area contributed by atoms with Gasteiger partial charge in [0.2, 0.25) is 0 Å². The number of hydrogen-bond acceptors (Lipinski definition) is 0. The average Bonchev–Trinajstić information content (AvgIpc) is 2.12. The fourth-order valence-corrected chi connectivity index (χ4v) is 0.389. The van der Waals surface area contributed by atoms with Gasteiger partial charge in [-0.15, -0.1) is 5.92 Å². The zero-order chi connectivity index (χ0) is 9.66. The minimum atomic E-state index is 1.82. The minimum Gasteiger partial charge on any atom is -0.102 e. The number of rotatable bonds is 1. The molecule has 0 aliphatic carbocycles. The molecule has 0 radical (unpaired) electrons. The van der Waals surface area contributed by atoms with Gasteiger partial charge in [-0.25, -0.2) is 0 Å². The molecule has 0 spiro atoms. The summed E-state index contributed by atoms with van der Waals surface area (Å²) in [6.45, 7) is 7.77. The van der Waals surface area contributed by atoms with Crippen LogP contribution in [-0.2, 0) is 0 Å². The van der Waals surface area contributed by atoms with Crippen molar-refractivity contribution in [2.24, 2.45) is 0 Å². The number of allylic oxidation sites excluding steroid dienone is 6. The van der Waals surface area contributed by atoms with Crippen LogP contribution in [0.5, 0.6) is 0 Å². The first-order valence-corrected chi connectivity index (χ1v) is 4.10. The summed E-state index contributed by atoms with van der Waals surface area (Å²) in [7, 11) is 0. The first-order valence-electron chi connectivity index (χ1n) is 4.10. The highest BCUT2D eigenvalue weighted by Crippen LogP contribution is 1.71. The lowest BCUT2D eigenvalue weighted by Gasteiger charge is -1.62. The lowest BCUT2D eigenvalue weighted by Crippen LogP contribution is -1.41. The predicted octanol–water partition coefficient (Wildman–Crippen LogP) is 3.72. The SMILES string of the molecule is CC#CC=CC.CC=CC=CC. The average molecular weight is 162 g/mol. The Balaban J connectivity index is 0. The Kier molecular flexibility index (Phi) is 18.3. The molecule has 0 aliphatic rings. The van der Waals surface area contributed by atoms with E-state index in [2.05, 4.69) is 11.8 Å². The lowest BCUT2D eigenvalue weighted by atomic mass is 10.5. The van der Waals surface area contributed by atoms with Crippen LogP contribution in [0.4, 0.5) is 0 Å². The molecule has 0 saturated carbocycles. The van der Waals surface area contributed by atoms with E-state index >= 15 is 0 Å². The van der Waals surface area contributed by atoms with Crippen molar-refractivity contribution in [1.82, 2.24) is 0 Å². The van der Waals surface area contributed by atoms with Crippen molar-refractivity contribution in [2.45, 2.75) is 27.7 Å². The molecular formula is C12H18. The Morgan fingerprint density at radius 2 is 1.33 bits per heavy atom.